The van der Waals surface area contributed by atoms with E-state index in [9.17, 15) is 9.59 Å². The minimum Gasteiger partial charge on any atom is -0.481 e. The van der Waals surface area contributed by atoms with Gasteiger partial charge in [0, 0.05) is 35.0 Å². The maximum Gasteiger partial charge on any atom is 0.305 e. The fourth-order valence-corrected chi connectivity index (χ4v) is 6.47. The third-order valence-corrected chi connectivity index (χ3v) is 8.48. The number of aryl methyl sites for hydroxylation is 1. The molecule has 1 atom stereocenters. The van der Waals surface area contributed by atoms with Gasteiger partial charge in [-0.2, -0.15) is 0 Å². The van der Waals surface area contributed by atoms with E-state index < -0.39 is 24.3 Å². The molecular formula is C35H35N3O4. The highest BCUT2D eigenvalue weighted by molar-refractivity contribution is 5.95. The molecule has 2 aromatic rings. The summed E-state index contributed by atoms with van der Waals surface area (Å²) in [4.78, 5) is 29.7. The number of nitrogens with zero attached hydrogens (tertiary/aromatic N) is 2. The molecule has 7 nitrogen and oxygen atoms in total. The number of rotatable bonds is 5. The summed E-state index contributed by atoms with van der Waals surface area (Å²) < 4.78 is 6.48. The molecule has 214 valence electrons. The highest BCUT2D eigenvalue weighted by Crippen LogP contribution is 2.50. The molecule has 4 aliphatic rings. The van der Waals surface area contributed by atoms with Gasteiger partial charge >= 0.3 is 5.97 Å². The first-order valence-electron chi connectivity index (χ1n) is 14.5. The monoisotopic (exact) mass is 561 g/mol. The van der Waals surface area contributed by atoms with Gasteiger partial charge in [0.2, 0.25) is 0 Å². The van der Waals surface area contributed by atoms with E-state index in [4.69, 9.17) is 15.3 Å². The first-order valence-corrected chi connectivity index (χ1v) is 14.5. The van der Waals surface area contributed by atoms with E-state index in [1.165, 1.54) is 27.7 Å². The standard InChI is InChI=1S/C35H35N3O4/c1-4-38-28-16-13-21-8-5-6-11-26(21)32(28)35(2,3)30(38)17-14-22-9-7-10-24-18-23-12-15-25(19-29(23)42-33(22)24)37-34(41)27(36)20-31(39)40/h5-6,8,11-19,27H,4,7,9-10,20,36H2,1-3H3,(H,39,40)/b22-14+,30-17+,37-25?. The molecule has 42 heavy (non-hydrogen) atoms. The van der Waals surface area contributed by atoms with Gasteiger partial charge in [-0.25, -0.2) is 4.99 Å². The molecular weight excluding hydrogens is 526 g/mol. The van der Waals surface area contributed by atoms with Crippen LogP contribution in [0.3, 0.4) is 0 Å². The third-order valence-electron chi connectivity index (χ3n) is 8.48. The van der Waals surface area contributed by atoms with Crippen molar-refractivity contribution >= 4 is 33.9 Å². The van der Waals surface area contributed by atoms with Crippen LogP contribution in [0.25, 0.3) is 27.7 Å². The van der Waals surface area contributed by atoms with Crippen molar-refractivity contribution in [2.75, 3.05) is 11.4 Å². The van der Waals surface area contributed by atoms with Crippen molar-refractivity contribution < 1.29 is 19.1 Å². The molecule has 1 amide bonds. The van der Waals surface area contributed by atoms with Gasteiger partial charge in [-0.05, 0) is 84.0 Å². The average Bonchev–Trinajstić information content (AvgIpc) is 3.20. The molecule has 1 unspecified atom stereocenters. The number of carboxylic acids is 1. The number of nitrogens with two attached hydrogens (primary N) is 1. The Labute approximate surface area is 245 Å². The van der Waals surface area contributed by atoms with Crippen LogP contribution in [0.15, 0.2) is 87.9 Å². The van der Waals surface area contributed by atoms with E-state index in [1.54, 1.807) is 12.1 Å². The fraction of sp³-hybridized carbons (Fsp3) is 0.286. The van der Waals surface area contributed by atoms with Crippen LogP contribution in [0.2, 0.25) is 0 Å². The van der Waals surface area contributed by atoms with Crippen LogP contribution >= 0.6 is 0 Å². The fourth-order valence-electron chi connectivity index (χ4n) is 6.47. The van der Waals surface area contributed by atoms with Crippen LogP contribution < -0.4 is 16.0 Å². The van der Waals surface area contributed by atoms with Crippen molar-refractivity contribution in [2.24, 2.45) is 10.7 Å². The summed E-state index contributed by atoms with van der Waals surface area (Å²) in [6.07, 6.45) is 6.88. The number of aliphatic carboxylic acids is 1. The molecule has 0 fully saturated rings. The summed E-state index contributed by atoms with van der Waals surface area (Å²) in [6.45, 7) is 7.68. The first-order chi connectivity index (χ1) is 20.2. The number of likely N-dealkylation sites (N-methyl/N-ethyl adjacent to an activating group) is 1. The molecule has 3 N–H and O–H groups in total. The second-order valence-corrected chi connectivity index (χ2v) is 11.6. The van der Waals surface area contributed by atoms with E-state index in [0.29, 0.717) is 11.1 Å². The van der Waals surface area contributed by atoms with E-state index in [1.807, 2.05) is 6.07 Å². The molecule has 0 saturated carbocycles. The number of carboxylic acid groups (broad SMARTS) is 1. The molecule has 0 saturated heterocycles. The Morgan fingerprint density at radius 3 is 2.69 bits per heavy atom. The van der Waals surface area contributed by atoms with Crippen molar-refractivity contribution in [1.29, 1.82) is 0 Å². The molecule has 2 aliphatic carbocycles. The number of allylic oxidation sites excluding steroid dienone is 4. The van der Waals surface area contributed by atoms with Crippen molar-refractivity contribution in [3.8, 4) is 11.3 Å². The van der Waals surface area contributed by atoms with Gasteiger partial charge in [-0.3, -0.25) is 9.59 Å². The van der Waals surface area contributed by atoms with Crippen LogP contribution in [-0.2, 0) is 21.4 Å². The van der Waals surface area contributed by atoms with E-state index in [0.717, 1.165) is 48.3 Å². The Morgan fingerprint density at radius 1 is 1.10 bits per heavy atom. The van der Waals surface area contributed by atoms with Gasteiger partial charge in [0.25, 0.3) is 5.91 Å². The zero-order valence-corrected chi connectivity index (χ0v) is 24.2. The summed E-state index contributed by atoms with van der Waals surface area (Å²) in [5.41, 5.74) is 12.6. The molecule has 0 radical (unpaired) electrons. The summed E-state index contributed by atoms with van der Waals surface area (Å²) in [6, 6.07) is 19.3. The summed E-state index contributed by atoms with van der Waals surface area (Å²) in [5.74, 6) is -0.333. The quantitative estimate of drug-likeness (QED) is 0.301. The molecule has 6 rings (SSSR count). The lowest BCUT2D eigenvalue weighted by Crippen LogP contribution is -2.32. The number of amides is 1. The molecule has 0 spiro atoms. The Morgan fingerprint density at radius 2 is 1.90 bits per heavy atom. The van der Waals surface area contributed by atoms with Gasteiger partial charge in [0.05, 0.1) is 17.8 Å². The number of carbonyl (C=O) groups is 2. The minimum atomic E-state index is -1.19. The number of anilines is 1. The van der Waals surface area contributed by atoms with Gasteiger partial charge in [-0.15, -0.1) is 0 Å². The second-order valence-electron chi connectivity index (χ2n) is 11.6. The molecule has 2 aliphatic heterocycles. The van der Waals surface area contributed by atoms with Gasteiger partial charge in [-0.1, -0.05) is 50.3 Å². The zero-order chi connectivity index (χ0) is 29.6. The largest absolute Gasteiger partial charge is 0.481 e. The Bertz CT molecular complexity index is 1830. The average molecular weight is 562 g/mol. The number of fused-ring (bicyclic) bond motifs is 5. The summed E-state index contributed by atoms with van der Waals surface area (Å²) in [7, 11) is 0. The number of benzene rings is 3. The molecule has 2 aromatic carbocycles. The van der Waals surface area contributed by atoms with Gasteiger partial charge in [0.15, 0.2) is 0 Å². The van der Waals surface area contributed by atoms with Crippen LogP contribution in [0.5, 0.6) is 0 Å². The lowest BCUT2D eigenvalue weighted by molar-refractivity contribution is -0.139. The number of hydrogen-bond donors (Lipinski definition) is 2. The van der Waals surface area contributed by atoms with Crippen LogP contribution in [-0.4, -0.2) is 29.6 Å². The maximum absolute atomic E-state index is 12.3. The van der Waals surface area contributed by atoms with E-state index >= 15 is 0 Å². The predicted molar refractivity (Wildman–Crippen MR) is 165 cm³/mol. The Hall–Kier alpha value is -4.49. The molecule has 0 bridgehead atoms. The molecule has 2 heterocycles. The van der Waals surface area contributed by atoms with Gasteiger partial charge < -0.3 is 20.2 Å². The van der Waals surface area contributed by atoms with Crippen molar-refractivity contribution in [2.45, 2.75) is 57.9 Å². The van der Waals surface area contributed by atoms with Crippen LogP contribution in [0.1, 0.15) is 56.9 Å². The SMILES string of the molecule is CCN1/C(=C/C=C2\CCCc3cc4ccc(=NC(=O)C(N)CC(=O)O)cc-4oc32)C(C)(C)c2c1ccc1ccccc21. The van der Waals surface area contributed by atoms with E-state index in [-0.39, 0.29) is 5.41 Å². The molecule has 0 aromatic heterocycles. The lowest BCUT2D eigenvalue weighted by atomic mass is 9.81. The van der Waals surface area contributed by atoms with Crippen molar-refractivity contribution in [1.82, 2.24) is 0 Å². The predicted octanol–water partition coefficient (Wildman–Crippen LogP) is 6.19. The third kappa shape index (κ3) is 4.84. The second kappa shape index (κ2) is 10.7. The topological polar surface area (TPSA) is 109 Å². The zero-order valence-electron chi connectivity index (χ0n) is 24.2. The van der Waals surface area contributed by atoms with Crippen LogP contribution in [0.4, 0.5) is 5.69 Å². The summed E-state index contributed by atoms with van der Waals surface area (Å²) in [5, 5.41) is 11.9. The van der Waals surface area contributed by atoms with Crippen LogP contribution in [0, 0.1) is 0 Å². The Balaban J connectivity index is 1.40. The molecule has 7 heteroatoms. The van der Waals surface area contributed by atoms with Crippen molar-refractivity contribution in [3.63, 3.8) is 0 Å². The number of hydrogen-bond acceptors (Lipinski definition) is 5. The Kier molecular flexibility index (Phi) is 7.07. The maximum atomic E-state index is 12.3. The summed E-state index contributed by atoms with van der Waals surface area (Å²) >= 11 is 0. The lowest BCUT2D eigenvalue weighted by Gasteiger charge is -2.26. The van der Waals surface area contributed by atoms with Gasteiger partial charge in [0.1, 0.15) is 11.5 Å². The highest BCUT2D eigenvalue weighted by atomic mass is 16.4. The smallest absolute Gasteiger partial charge is 0.305 e. The van der Waals surface area contributed by atoms with E-state index in [2.05, 4.69) is 85.3 Å². The highest BCUT2D eigenvalue weighted by Gasteiger charge is 2.40. The minimum absolute atomic E-state index is 0.175. The normalized spacial score (nSPS) is 19.0. The number of carbonyl (C=O) groups excluding carboxylic acids is 1. The van der Waals surface area contributed by atoms with Crippen molar-refractivity contribution in [3.05, 3.63) is 101 Å². The first kappa shape index (κ1) is 27.7.